The van der Waals surface area contributed by atoms with E-state index in [2.05, 4.69) is 74.4 Å². The van der Waals surface area contributed by atoms with Crippen LogP contribution in [-0.2, 0) is 10.8 Å². The number of aromatic nitrogens is 2. The summed E-state index contributed by atoms with van der Waals surface area (Å²) >= 11 is 0. The third-order valence-electron chi connectivity index (χ3n) is 6.00. The molecule has 1 amide bonds. The van der Waals surface area contributed by atoms with Crippen molar-refractivity contribution < 1.29 is 9.90 Å². The lowest BCUT2D eigenvalue weighted by Crippen LogP contribution is -2.19. The molecule has 0 saturated heterocycles. The van der Waals surface area contributed by atoms with Crippen LogP contribution in [0, 0.1) is 0 Å². The summed E-state index contributed by atoms with van der Waals surface area (Å²) in [4.78, 5) is 12.7. The zero-order chi connectivity index (χ0) is 25.4. The number of aromatic amines is 1. The maximum absolute atomic E-state index is 12.7. The summed E-state index contributed by atoms with van der Waals surface area (Å²) < 4.78 is 0. The molecule has 4 rings (SSSR count). The molecule has 0 bridgehead atoms. The van der Waals surface area contributed by atoms with Gasteiger partial charge in [-0.25, -0.2) is 5.43 Å². The number of phenols is 1. The minimum atomic E-state index is -0.383. The van der Waals surface area contributed by atoms with Gasteiger partial charge in [-0.1, -0.05) is 77.9 Å². The van der Waals surface area contributed by atoms with Gasteiger partial charge in [0.2, 0.25) is 0 Å². The fourth-order valence-corrected chi connectivity index (χ4v) is 4.03. The van der Waals surface area contributed by atoms with Crippen LogP contribution in [0.5, 0.6) is 5.75 Å². The molecule has 6 nitrogen and oxygen atoms in total. The summed E-state index contributed by atoms with van der Waals surface area (Å²) in [6, 6.07) is 19.7. The van der Waals surface area contributed by atoms with Gasteiger partial charge >= 0.3 is 0 Å². The van der Waals surface area contributed by atoms with Gasteiger partial charge in [0.15, 0.2) is 0 Å². The van der Waals surface area contributed by atoms with Crippen molar-refractivity contribution in [1.82, 2.24) is 15.6 Å². The smallest absolute Gasteiger partial charge is 0.289 e. The Labute approximate surface area is 206 Å². The van der Waals surface area contributed by atoms with Gasteiger partial charge in [0, 0.05) is 16.7 Å². The summed E-state index contributed by atoms with van der Waals surface area (Å²) in [5.41, 5.74) is 6.50. The standard InChI is InChI=1S/C29H32N4O2/c1-28(2,3)22-13-18(14-23(26(22)34)29(4,5)6)17-30-33-27(35)25-16-24(31-32-25)21-12-11-19-9-7-8-10-20(19)15-21/h7-17,34H,1-6H3,(H,31,32)(H,33,35). The number of amides is 1. The minimum Gasteiger partial charge on any atom is -0.507 e. The van der Waals surface area contributed by atoms with Crippen molar-refractivity contribution in [3.05, 3.63) is 83.0 Å². The summed E-state index contributed by atoms with van der Waals surface area (Å²) in [6.45, 7) is 12.3. The van der Waals surface area contributed by atoms with E-state index >= 15 is 0 Å². The molecule has 0 unspecified atom stereocenters. The zero-order valence-electron chi connectivity index (χ0n) is 21.1. The summed E-state index contributed by atoms with van der Waals surface area (Å²) in [7, 11) is 0. The average molecular weight is 469 g/mol. The number of carbonyl (C=O) groups is 1. The third-order valence-corrected chi connectivity index (χ3v) is 6.00. The number of carbonyl (C=O) groups excluding carboxylic acids is 1. The first kappa shape index (κ1) is 24.2. The third kappa shape index (κ3) is 5.27. The van der Waals surface area contributed by atoms with E-state index in [1.807, 2.05) is 42.5 Å². The van der Waals surface area contributed by atoms with Crippen molar-refractivity contribution in [3.63, 3.8) is 0 Å². The largest absolute Gasteiger partial charge is 0.507 e. The molecule has 3 N–H and O–H groups in total. The van der Waals surface area contributed by atoms with Gasteiger partial charge < -0.3 is 5.11 Å². The Kier molecular flexibility index (Phi) is 6.24. The van der Waals surface area contributed by atoms with Crippen molar-refractivity contribution in [2.24, 2.45) is 5.10 Å². The Hall–Kier alpha value is -3.93. The van der Waals surface area contributed by atoms with Gasteiger partial charge in [0.1, 0.15) is 11.4 Å². The van der Waals surface area contributed by atoms with Crippen molar-refractivity contribution in [1.29, 1.82) is 0 Å². The quantitative estimate of drug-likeness (QED) is 0.243. The minimum absolute atomic E-state index is 0.244. The van der Waals surface area contributed by atoms with Gasteiger partial charge in [-0.15, -0.1) is 0 Å². The van der Waals surface area contributed by atoms with Crippen LogP contribution in [0.15, 0.2) is 65.8 Å². The zero-order valence-corrected chi connectivity index (χ0v) is 21.1. The second-order valence-corrected chi connectivity index (χ2v) is 10.9. The van der Waals surface area contributed by atoms with Gasteiger partial charge in [-0.3, -0.25) is 9.89 Å². The number of rotatable bonds is 4. The number of nitrogens with one attached hydrogen (secondary N) is 2. The molecule has 0 saturated carbocycles. The lowest BCUT2D eigenvalue weighted by molar-refractivity contribution is 0.0950. The Morgan fingerprint density at radius 3 is 2.17 bits per heavy atom. The van der Waals surface area contributed by atoms with Crippen LogP contribution in [0.4, 0.5) is 0 Å². The van der Waals surface area contributed by atoms with E-state index in [0.717, 1.165) is 33.0 Å². The van der Waals surface area contributed by atoms with Crippen molar-refractivity contribution in [3.8, 4) is 17.0 Å². The highest BCUT2D eigenvalue weighted by atomic mass is 16.3. The SMILES string of the molecule is CC(C)(C)c1cc(C=NNC(=O)c2cc(-c3ccc4ccccc4c3)n[nH]2)cc(C(C)(C)C)c1O. The first-order valence-corrected chi connectivity index (χ1v) is 11.7. The molecule has 0 spiro atoms. The molecule has 0 radical (unpaired) electrons. The maximum Gasteiger partial charge on any atom is 0.289 e. The van der Waals surface area contributed by atoms with Crippen LogP contribution >= 0.6 is 0 Å². The van der Waals surface area contributed by atoms with E-state index in [1.165, 1.54) is 0 Å². The Balaban J connectivity index is 1.53. The van der Waals surface area contributed by atoms with Gasteiger partial charge in [-0.2, -0.15) is 10.2 Å². The molecule has 180 valence electrons. The number of hydrazone groups is 1. The van der Waals surface area contributed by atoms with Crippen LogP contribution in [0.2, 0.25) is 0 Å². The molecule has 0 aliphatic carbocycles. The fourth-order valence-electron chi connectivity index (χ4n) is 4.03. The molecular formula is C29H32N4O2. The molecule has 35 heavy (non-hydrogen) atoms. The van der Waals surface area contributed by atoms with Crippen LogP contribution in [0.1, 0.15) is 68.7 Å². The molecule has 1 heterocycles. The molecular weight excluding hydrogens is 436 g/mol. The van der Waals surface area contributed by atoms with E-state index < -0.39 is 0 Å². The number of benzene rings is 3. The Bertz CT molecular complexity index is 1380. The average Bonchev–Trinajstić information content (AvgIpc) is 3.28. The first-order chi connectivity index (χ1) is 16.4. The monoisotopic (exact) mass is 468 g/mol. The molecule has 0 aliphatic heterocycles. The first-order valence-electron chi connectivity index (χ1n) is 11.7. The second-order valence-electron chi connectivity index (χ2n) is 10.9. The number of fused-ring (bicyclic) bond motifs is 1. The molecule has 3 aromatic carbocycles. The number of phenolic OH excluding ortho intramolecular Hbond substituents is 1. The predicted octanol–water partition coefficient (Wildman–Crippen LogP) is 6.29. The molecule has 4 aromatic rings. The van der Waals surface area contributed by atoms with Crippen molar-refractivity contribution in [2.75, 3.05) is 0 Å². The molecule has 0 aliphatic rings. The lowest BCUT2D eigenvalue weighted by Gasteiger charge is -2.27. The highest BCUT2D eigenvalue weighted by Crippen LogP contribution is 2.39. The number of hydrogen-bond donors (Lipinski definition) is 3. The van der Waals surface area contributed by atoms with Crippen molar-refractivity contribution in [2.45, 2.75) is 52.4 Å². The highest BCUT2D eigenvalue weighted by molar-refractivity contribution is 5.94. The summed E-state index contributed by atoms with van der Waals surface area (Å²) in [6.07, 6.45) is 1.60. The predicted molar refractivity (Wildman–Crippen MR) is 142 cm³/mol. The van der Waals surface area contributed by atoms with E-state index in [1.54, 1.807) is 12.3 Å². The number of hydrogen-bond acceptors (Lipinski definition) is 4. The molecule has 6 heteroatoms. The second kappa shape index (κ2) is 9.02. The van der Waals surface area contributed by atoms with E-state index in [-0.39, 0.29) is 16.7 Å². The normalized spacial score (nSPS) is 12.4. The molecule has 0 atom stereocenters. The Morgan fingerprint density at radius 2 is 1.54 bits per heavy atom. The van der Waals surface area contributed by atoms with E-state index in [9.17, 15) is 9.90 Å². The number of H-pyrrole nitrogens is 1. The van der Waals surface area contributed by atoms with E-state index in [4.69, 9.17) is 0 Å². The molecule has 1 aromatic heterocycles. The lowest BCUT2D eigenvalue weighted by atomic mass is 9.78. The van der Waals surface area contributed by atoms with Crippen LogP contribution in [0.3, 0.4) is 0 Å². The summed E-state index contributed by atoms with van der Waals surface area (Å²) in [5, 5.41) is 24.4. The van der Waals surface area contributed by atoms with E-state index in [0.29, 0.717) is 17.1 Å². The van der Waals surface area contributed by atoms with Gasteiger partial charge in [-0.05, 0) is 51.4 Å². The topological polar surface area (TPSA) is 90.4 Å². The number of nitrogens with zero attached hydrogens (tertiary/aromatic N) is 2. The van der Waals surface area contributed by atoms with Crippen LogP contribution in [-0.4, -0.2) is 27.4 Å². The highest BCUT2D eigenvalue weighted by Gasteiger charge is 2.26. The van der Waals surface area contributed by atoms with Crippen molar-refractivity contribution >= 4 is 22.9 Å². The maximum atomic E-state index is 12.7. The van der Waals surface area contributed by atoms with Crippen LogP contribution < -0.4 is 5.43 Å². The Morgan fingerprint density at radius 1 is 0.914 bits per heavy atom. The van der Waals surface area contributed by atoms with Gasteiger partial charge in [0.05, 0.1) is 11.9 Å². The van der Waals surface area contributed by atoms with Gasteiger partial charge in [0.25, 0.3) is 5.91 Å². The van der Waals surface area contributed by atoms with Crippen LogP contribution in [0.25, 0.3) is 22.0 Å². The number of aromatic hydroxyl groups is 1. The molecule has 0 fully saturated rings. The summed E-state index contributed by atoms with van der Waals surface area (Å²) in [5.74, 6) is -0.0727. The fraction of sp³-hybridized carbons (Fsp3) is 0.276.